The molecule has 2 N–H and O–H groups in total. The van der Waals surface area contributed by atoms with Crippen LogP contribution in [0, 0.1) is 0 Å². The highest BCUT2D eigenvalue weighted by Gasteiger charge is 2.36. The Bertz CT molecular complexity index is 881. The van der Waals surface area contributed by atoms with Gasteiger partial charge in [-0.2, -0.15) is 10.1 Å². The second-order valence-electron chi connectivity index (χ2n) is 6.73. The minimum Gasteiger partial charge on any atom is -0.317 e. The first-order valence-electron chi connectivity index (χ1n) is 8.91. The summed E-state index contributed by atoms with van der Waals surface area (Å²) < 4.78 is 1.51. The van der Waals surface area contributed by atoms with Crippen LogP contribution in [0.15, 0.2) is 24.3 Å². The van der Waals surface area contributed by atoms with Gasteiger partial charge in [0.05, 0.1) is 11.1 Å². The summed E-state index contributed by atoms with van der Waals surface area (Å²) in [7, 11) is 1.70. The predicted octanol–water partition coefficient (Wildman–Crippen LogP) is 0.517. The van der Waals surface area contributed by atoms with Crippen LogP contribution in [-0.4, -0.2) is 57.0 Å². The van der Waals surface area contributed by atoms with Gasteiger partial charge in [-0.15, -0.1) is 0 Å². The Morgan fingerprint density at radius 1 is 1.19 bits per heavy atom. The number of amides is 3. The lowest BCUT2D eigenvalue weighted by molar-refractivity contribution is -0.116. The zero-order valence-corrected chi connectivity index (χ0v) is 14.9. The fourth-order valence-electron chi connectivity index (χ4n) is 3.46. The Kier molecular flexibility index (Phi) is 4.44. The van der Waals surface area contributed by atoms with E-state index in [1.807, 2.05) is 0 Å². The van der Waals surface area contributed by atoms with Crippen LogP contribution in [0.5, 0.6) is 0 Å². The zero-order chi connectivity index (χ0) is 19.0. The summed E-state index contributed by atoms with van der Waals surface area (Å²) in [5.74, 6) is -0.130. The average Bonchev–Trinajstić information content (AvgIpc) is 3.16. The predicted molar refractivity (Wildman–Crippen MR) is 96.3 cm³/mol. The van der Waals surface area contributed by atoms with Gasteiger partial charge in [0, 0.05) is 13.0 Å². The molecule has 0 spiro atoms. The van der Waals surface area contributed by atoms with Crippen LogP contribution in [0.3, 0.4) is 0 Å². The third-order valence-electron chi connectivity index (χ3n) is 4.91. The molecule has 27 heavy (non-hydrogen) atoms. The molecule has 0 unspecified atom stereocenters. The molecule has 1 aromatic heterocycles. The van der Waals surface area contributed by atoms with Crippen molar-refractivity contribution >= 4 is 23.7 Å². The van der Waals surface area contributed by atoms with Gasteiger partial charge in [-0.1, -0.05) is 12.1 Å². The van der Waals surface area contributed by atoms with Gasteiger partial charge in [0.25, 0.3) is 11.8 Å². The lowest BCUT2D eigenvalue weighted by Gasteiger charge is -2.19. The summed E-state index contributed by atoms with van der Waals surface area (Å²) in [5.41, 5.74) is 0.643. The number of piperidine rings is 1. The fraction of sp³-hybridized carbons (Fsp3) is 0.389. The lowest BCUT2D eigenvalue weighted by Crippen LogP contribution is -2.37. The highest BCUT2D eigenvalue weighted by molar-refractivity contribution is 6.22. The van der Waals surface area contributed by atoms with E-state index in [1.54, 1.807) is 31.3 Å². The SMILES string of the molecule is Cn1nc(C2CCNCC2)nc1NC(=O)CN1C(=O)c2ccccc2C1=O. The second-order valence-corrected chi connectivity index (χ2v) is 6.73. The molecular formula is C18H20N6O3. The molecule has 9 nitrogen and oxygen atoms in total. The molecule has 0 aliphatic carbocycles. The number of imide groups is 1. The number of anilines is 1. The van der Waals surface area contributed by atoms with E-state index in [1.165, 1.54) is 4.68 Å². The van der Waals surface area contributed by atoms with Crippen molar-refractivity contribution in [3.8, 4) is 0 Å². The number of hydrogen-bond donors (Lipinski definition) is 2. The quantitative estimate of drug-likeness (QED) is 0.762. The van der Waals surface area contributed by atoms with Crippen LogP contribution in [0.25, 0.3) is 0 Å². The Morgan fingerprint density at radius 2 is 1.81 bits per heavy atom. The Hall–Kier alpha value is -3.07. The molecule has 4 rings (SSSR count). The van der Waals surface area contributed by atoms with E-state index in [0.29, 0.717) is 22.9 Å². The van der Waals surface area contributed by atoms with Crippen LogP contribution in [0.2, 0.25) is 0 Å². The van der Waals surface area contributed by atoms with Crippen molar-refractivity contribution < 1.29 is 14.4 Å². The van der Waals surface area contributed by atoms with Crippen molar-refractivity contribution in [2.24, 2.45) is 7.05 Å². The van der Waals surface area contributed by atoms with Crippen molar-refractivity contribution in [2.45, 2.75) is 18.8 Å². The summed E-state index contributed by atoms with van der Waals surface area (Å²) >= 11 is 0. The maximum Gasteiger partial charge on any atom is 0.262 e. The Morgan fingerprint density at radius 3 is 2.44 bits per heavy atom. The van der Waals surface area contributed by atoms with Crippen LogP contribution in [0.1, 0.15) is 45.3 Å². The highest BCUT2D eigenvalue weighted by atomic mass is 16.2. The molecule has 0 bridgehead atoms. The molecule has 3 amide bonds. The topological polar surface area (TPSA) is 109 Å². The summed E-state index contributed by atoms with van der Waals surface area (Å²) in [6.07, 6.45) is 1.90. The first-order valence-corrected chi connectivity index (χ1v) is 8.91. The first kappa shape index (κ1) is 17.3. The molecule has 0 saturated carbocycles. The molecule has 1 fully saturated rings. The number of hydrogen-bond acceptors (Lipinski definition) is 6. The van der Waals surface area contributed by atoms with Crippen LogP contribution >= 0.6 is 0 Å². The smallest absolute Gasteiger partial charge is 0.262 e. The molecule has 2 aliphatic heterocycles. The van der Waals surface area contributed by atoms with Gasteiger partial charge in [-0.25, -0.2) is 4.68 Å². The molecule has 140 valence electrons. The standard InChI is InChI=1S/C18H20N6O3/c1-23-18(21-15(22-23)11-6-8-19-9-7-11)20-14(25)10-24-16(26)12-4-2-3-5-13(12)17(24)27/h2-5,11,19H,6-10H2,1H3,(H,20,21,22,25). The van der Waals surface area contributed by atoms with E-state index < -0.39 is 17.7 Å². The summed E-state index contributed by atoms with van der Waals surface area (Å²) in [5, 5.41) is 10.3. The van der Waals surface area contributed by atoms with Gasteiger partial charge in [-0.3, -0.25) is 24.6 Å². The maximum absolute atomic E-state index is 12.4. The number of benzene rings is 1. The van der Waals surface area contributed by atoms with Crippen molar-refractivity contribution in [1.29, 1.82) is 0 Å². The van der Waals surface area contributed by atoms with Crippen molar-refractivity contribution in [2.75, 3.05) is 25.0 Å². The van der Waals surface area contributed by atoms with E-state index in [9.17, 15) is 14.4 Å². The summed E-state index contributed by atoms with van der Waals surface area (Å²) in [6, 6.07) is 6.55. The van der Waals surface area contributed by atoms with E-state index in [2.05, 4.69) is 20.7 Å². The van der Waals surface area contributed by atoms with E-state index in [0.717, 1.165) is 30.8 Å². The monoisotopic (exact) mass is 368 g/mol. The van der Waals surface area contributed by atoms with Gasteiger partial charge in [0.2, 0.25) is 11.9 Å². The van der Waals surface area contributed by atoms with Gasteiger partial charge in [-0.05, 0) is 38.1 Å². The molecule has 9 heteroatoms. The number of carbonyl (C=O) groups is 3. The average molecular weight is 368 g/mol. The molecule has 0 atom stereocenters. The molecule has 2 aromatic rings. The Labute approximate surface area is 155 Å². The summed E-state index contributed by atoms with van der Waals surface area (Å²) in [4.78, 5) is 42.5. The zero-order valence-electron chi connectivity index (χ0n) is 14.9. The lowest BCUT2D eigenvalue weighted by atomic mass is 9.98. The third kappa shape index (κ3) is 3.21. The number of aromatic nitrogens is 3. The van der Waals surface area contributed by atoms with E-state index >= 15 is 0 Å². The van der Waals surface area contributed by atoms with Gasteiger partial charge in [0.1, 0.15) is 6.54 Å². The maximum atomic E-state index is 12.4. The van der Waals surface area contributed by atoms with E-state index in [4.69, 9.17) is 0 Å². The van der Waals surface area contributed by atoms with E-state index in [-0.39, 0.29) is 12.5 Å². The molecular weight excluding hydrogens is 348 g/mol. The molecule has 0 radical (unpaired) electrons. The first-order chi connectivity index (χ1) is 13.0. The minimum atomic E-state index is -0.489. The number of aryl methyl sites for hydroxylation is 1. The number of nitrogens with one attached hydrogen (secondary N) is 2. The molecule has 1 aromatic carbocycles. The normalized spacial score (nSPS) is 17.3. The van der Waals surface area contributed by atoms with Crippen LogP contribution in [-0.2, 0) is 11.8 Å². The number of nitrogens with zero attached hydrogens (tertiary/aromatic N) is 4. The van der Waals surface area contributed by atoms with Gasteiger partial charge < -0.3 is 5.32 Å². The second kappa shape index (κ2) is 6.92. The molecule has 1 saturated heterocycles. The fourth-order valence-corrected chi connectivity index (χ4v) is 3.46. The number of carbonyl (C=O) groups excluding carboxylic acids is 3. The van der Waals surface area contributed by atoms with Gasteiger partial charge >= 0.3 is 0 Å². The largest absolute Gasteiger partial charge is 0.317 e. The Balaban J connectivity index is 1.44. The molecule has 2 aliphatic rings. The number of fused-ring (bicyclic) bond motifs is 1. The number of rotatable bonds is 4. The molecule has 3 heterocycles. The minimum absolute atomic E-state index is 0.263. The summed E-state index contributed by atoms with van der Waals surface area (Å²) in [6.45, 7) is 1.48. The van der Waals surface area contributed by atoms with Crippen molar-refractivity contribution in [1.82, 2.24) is 25.0 Å². The third-order valence-corrected chi connectivity index (χ3v) is 4.91. The van der Waals surface area contributed by atoms with Crippen LogP contribution < -0.4 is 10.6 Å². The van der Waals surface area contributed by atoms with Crippen molar-refractivity contribution in [3.05, 3.63) is 41.2 Å². The van der Waals surface area contributed by atoms with Crippen molar-refractivity contribution in [3.63, 3.8) is 0 Å². The van der Waals surface area contributed by atoms with Crippen LogP contribution in [0.4, 0.5) is 5.95 Å². The van der Waals surface area contributed by atoms with Gasteiger partial charge in [0.15, 0.2) is 5.82 Å². The highest BCUT2D eigenvalue weighted by Crippen LogP contribution is 2.24.